The number of nitriles is 1. The van der Waals surface area contributed by atoms with E-state index in [1.807, 2.05) is 6.07 Å². The van der Waals surface area contributed by atoms with Gasteiger partial charge < -0.3 is 9.64 Å². The summed E-state index contributed by atoms with van der Waals surface area (Å²) in [6, 6.07) is 12.5. The SMILES string of the molecule is CN(Cc1ccc(F)cc1)C(=O)COc1ccc(C#N)cc1Cl. The first-order valence-electron chi connectivity index (χ1n) is 6.80. The summed E-state index contributed by atoms with van der Waals surface area (Å²) in [6.45, 7) is 0.174. The molecule has 0 heterocycles. The molecular formula is C17H14ClFN2O2. The summed E-state index contributed by atoms with van der Waals surface area (Å²) in [4.78, 5) is 13.5. The van der Waals surface area contributed by atoms with E-state index in [0.717, 1.165) is 5.56 Å². The van der Waals surface area contributed by atoms with Crippen LogP contribution in [-0.4, -0.2) is 24.5 Å². The van der Waals surface area contributed by atoms with E-state index in [2.05, 4.69) is 0 Å². The summed E-state index contributed by atoms with van der Waals surface area (Å²) in [5.74, 6) is -0.217. The molecule has 2 aromatic carbocycles. The summed E-state index contributed by atoms with van der Waals surface area (Å²) < 4.78 is 18.2. The second kappa shape index (κ2) is 7.61. The minimum Gasteiger partial charge on any atom is -0.482 e. The maximum Gasteiger partial charge on any atom is 0.260 e. The molecule has 0 fully saturated rings. The Hall–Kier alpha value is -2.58. The van der Waals surface area contributed by atoms with Gasteiger partial charge in [0.1, 0.15) is 11.6 Å². The number of rotatable bonds is 5. The van der Waals surface area contributed by atoms with Gasteiger partial charge in [-0.3, -0.25) is 4.79 Å². The van der Waals surface area contributed by atoms with Gasteiger partial charge in [-0.15, -0.1) is 0 Å². The fraction of sp³-hybridized carbons (Fsp3) is 0.176. The van der Waals surface area contributed by atoms with Crippen molar-refractivity contribution in [2.45, 2.75) is 6.54 Å². The van der Waals surface area contributed by atoms with E-state index in [0.29, 0.717) is 17.9 Å². The Balaban J connectivity index is 1.91. The number of hydrogen-bond acceptors (Lipinski definition) is 3. The van der Waals surface area contributed by atoms with Crippen LogP contribution in [0.5, 0.6) is 5.75 Å². The summed E-state index contributed by atoms with van der Waals surface area (Å²) >= 11 is 5.98. The second-order valence-corrected chi connectivity index (χ2v) is 5.33. The van der Waals surface area contributed by atoms with Crippen LogP contribution in [-0.2, 0) is 11.3 Å². The highest BCUT2D eigenvalue weighted by Crippen LogP contribution is 2.25. The van der Waals surface area contributed by atoms with Gasteiger partial charge in [-0.2, -0.15) is 5.26 Å². The lowest BCUT2D eigenvalue weighted by molar-refractivity contribution is -0.132. The molecular weight excluding hydrogens is 319 g/mol. The van der Waals surface area contributed by atoms with E-state index in [1.54, 1.807) is 31.3 Å². The van der Waals surface area contributed by atoms with E-state index in [9.17, 15) is 9.18 Å². The maximum absolute atomic E-state index is 12.8. The monoisotopic (exact) mass is 332 g/mol. The lowest BCUT2D eigenvalue weighted by Crippen LogP contribution is -2.31. The van der Waals surface area contributed by atoms with Crippen molar-refractivity contribution in [2.24, 2.45) is 0 Å². The number of nitrogens with zero attached hydrogens (tertiary/aromatic N) is 2. The molecule has 0 aliphatic carbocycles. The topological polar surface area (TPSA) is 53.3 Å². The van der Waals surface area contributed by atoms with E-state index < -0.39 is 0 Å². The first kappa shape index (κ1) is 16.8. The highest BCUT2D eigenvalue weighted by molar-refractivity contribution is 6.32. The largest absolute Gasteiger partial charge is 0.482 e. The van der Waals surface area contributed by atoms with Gasteiger partial charge in [0.2, 0.25) is 0 Å². The van der Waals surface area contributed by atoms with Crippen molar-refractivity contribution in [3.63, 3.8) is 0 Å². The van der Waals surface area contributed by atoms with Crippen molar-refractivity contribution < 1.29 is 13.9 Å². The number of likely N-dealkylation sites (N-methyl/N-ethyl adjacent to an activating group) is 1. The van der Waals surface area contributed by atoms with Crippen molar-refractivity contribution in [2.75, 3.05) is 13.7 Å². The molecule has 0 spiro atoms. The van der Waals surface area contributed by atoms with Gasteiger partial charge in [0, 0.05) is 13.6 Å². The number of carbonyl (C=O) groups is 1. The zero-order chi connectivity index (χ0) is 16.8. The van der Waals surface area contributed by atoms with Crippen LogP contribution in [0, 0.1) is 17.1 Å². The molecule has 0 atom stereocenters. The Morgan fingerprint density at radius 2 is 2.00 bits per heavy atom. The lowest BCUT2D eigenvalue weighted by atomic mass is 10.2. The van der Waals surface area contributed by atoms with Crippen LogP contribution >= 0.6 is 11.6 Å². The number of amides is 1. The van der Waals surface area contributed by atoms with Crippen LogP contribution in [0.2, 0.25) is 5.02 Å². The second-order valence-electron chi connectivity index (χ2n) is 4.92. The minimum absolute atomic E-state index is 0.177. The van der Waals surface area contributed by atoms with Gasteiger partial charge in [0.25, 0.3) is 5.91 Å². The average molecular weight is 333 g/mol. The Kier molecular flexibility index (Phi) is 5.56. The third kappa shape index (κ3) is 4.70. The fourth-order valence-electron chi connectivity index (χ4n) is 1.89. The van der Waals surface area contributed by atoms with E-state index in [1.165, 1.54) is 23.1 Å². The van der Waals surface area contributed by atoms with Crippen molar-refractivity contribution >= 4 is 17.5 Å². The summed E-state index contributed by atoms with van der Waals surface area (Å²) in [6.07, 6.45) is 0. The zero-order valence-electron chi connectivity index (χ0n) is 12.4. The first-order chi connectivity index (χ1) is 11.0. The van der Waals surface area contributed by atoms with E-state index in [-0.39, 0.29) is 23.4 Å². The molecule has 0 unspecified atom stereocenters. The van der Waals surface area contributed by atoms with Gasteiger partial charge in [-0.05, 0) is 35.9 Å². The summed E-state index contributed by atoms with van der Waals surface area (Å²) in [7, 11) is 1.63. The molecule has 0 aromatic heterocycles. The molecule has 0 aliphatic heterocycles. The van der Waals surface area contributed by atoms with Gasteiger partial charge in [0.15, 0.2) is 6.61 Å². The van der Waals surface area contributed by atoms with Crippen LogP contribution in [0.4, 0.5) is 4.39 Å². The fourth-order valence-corrected chi connectivity index (χ4v) is 2.12. The zero-order valence-corrected chi connectivity index (χ0v) is 13.2. The van der Waals surface area contributed by atoms with Crippen LogP contribution in [0.3, 0.4) is 0 Å². The molecule has 1 amide bonds. The molecule has 0 aliphatic rings. The molecule has 6 heteroatoms. The van der Waals surface area contributed by atoms with Crippen LogP contribution in [0.25, 0.3) is 0 Å². The van der Waals surface area contributed by atoms with Crippen molar-refractivity contribution in [1.82, 2.24) is 4.90 Å². The third-order valence-corrected chi connectivity index (χ3v) is 3.47. The number of ether oxygens (including phenoxy) is 1. The maximum atomic E-state index is 12.8. The quantitative estimate of drug-likeness (QED) is 0.843. The Morgan fingerprint density at radius 1 is 1.30 bits per heavy atom. The minimum atomic E-state index is -0.318. The Bertz CT molecular complexity index is 741. The average Bonchev–Trinajstić information content (AvgIpc) is 2.55. The highest BCUT2D eigenvalue weighted by Gasteiger charge is 2.12. The normalized spacial score (nSPS) is 10.0. The predicted octanol–water partition coefficient (Wildman–Crippen LogP) is 3.39. The van der Waals surface area contributed by atoms with E-state index >= 15 is 0 Å². The Morgan fingerprint density at radius 3 is 2.61 bits per heavy atom. The van der Waals surface area contributed by atoms with Gasteiger partial charge in [-0.1, -0.05) is 23.7 Å². The smallest absolute Gasteiger partial charge is 0.260 e. The molecule has 23 heavy (non-hydrogen) atoms. The molecule has 2 rings (SSSR count). The molecule has 0 saturated carbocycles. The molecule has 0 radical (unpaired) electrons. The van der Waals surface area contributed by atoms with Crippen LogP contribution in [0.15, 0.2) is 42.5 Å². The summed E-state index contributed by atoms with van der Waals surface area (Å²) in [5, 5.41) is 9.04. The lowest BCUT2D eigenvalue weighted by Gasteiger charge is -2.18. The third-order valence-electron chi connectivity index (χ3n) is 3.17. The molecule has 2 aromatic rings. The van der Waals surface area contributed by atoms with E-state index in [4.69, 9.17) is 21.6 Å². The number of carbonyl (C=O) groups excluding carboxylic acids is 1. The van der Waals surface area contributed by atoms with Crippen molar-refractivity contribution in [3.8, 4) is 11.8 Å². The van der Waals surface area contributed by atoms with Crippen molar-refractivity contribution in [1.29, 1.82) is 5.26 Å². The molecule has 0 bridgehead atoms. The number of benzene rings is 2. The van der Waals surface area contributed by atoms with Crippen molar-refractivity contribution in [3.05, 3.63) is 64.4 Å². The summed E-state index contributed by atoms with van der Waals surface area (Å²) in [5.41, 5.74) is 1.24. The van der Waals surface area contributed by atoms with Crippen LogP contribution < -0.4 is 4.74 Å². The predicted molar refractivity (Wildman–Crippen MR) is 84.5 cm³/mol. The Labute approximate surface area is 138 Å². The first-order valence-corrected chi connectivity index (χ1v) is 7.18. The number of hydrogen-bond donors (Lipinski definition) is 0. The molecule has 4 nitrogen and oxygen atoms in total. The standard InChI is InChI=1S/C17H14ClFN2O2/c1-21(10-12-2-5-14(19)6-3-12)17(22)11-23-16-7-4-13(9-20)8-15(16)18/h2-8H,10-11H2,1H3. The van der Waals surface area contributed by atoms with Gasteiger partial charge in [-0.25, -0.2) is 4.39 Å². The molecule has 0 saturated heterocycles. The van der Waals surface area contributed by atoms with Gasteiger partial charge >= 0.3 is 0 Å². The van der Waals surface area contributed by atoms with Crippen LogP contribution in [0.1, 0.15) is 11.1 Å². The highest BCUT2D eigenvalue weighted by atomic mass is 35.5. The molecule has 0 N–H and O–H groups in total. The number of halogens is 2. The molecule has 118 valence electrons. The van der Waals surface area contributed by atoms with Gasteiger partial charge in [0.05, 0.1) is 16.7 Å².